The Morgan fingerprint density at radius 1 is 0.690 bits per heavy atom. The van der Waals surface area contributed by atoms with Gasteiger partial charge < -0.3 is 5.21 Å². The molecule has 152 valence electrons. The Kier molecular flexibility index (Phi) is 5.88. The summed E-state index contributed by atoms with van der Waals surface area (Å²) in [5, 5.41) is 13.5. The Morgan fingerprint density at radius 3 is 1.45 bits per heavy atom. The minimum atomic E-state index is 0.557. The van der Waals surface area contributed by atoms with E-state index in [0.717, 1.165) is 56.7 Å². The lowest BCUT2D eigenvalue weighted by molar-refractivity contribution is 0.315. The predicted molar refractivity (Wildman–Crippen MR) is 115 cm³/mol. The number of hydrogen-bond donors (Lipinski definition) is 1. The maximum absolute atomic E-state index is 9.83. The molecule has 3 rings (SSSR count). The molecule has 0 aliphatic carbocycles. The minimum absolute atomic E-state index is 0.557. The Hall–Kier alpha value is -2.93. The smallest absolute Gasteiger partial charge is 0.111 e. The summed E-state index contributed by atoms with van der Waals surface area (Å²) in [7, 11) is 2.04. The minimum Gasteiger partial charge on any atom is -0.410 e. The lowest BCUT2D eigenvalue weighted by Crippen LogP contribution is -2.35. The third-order valence-corrected chi connectivity index (χ3v) is 5.25. The molecule has 3 heterocycles. The van der Waals surface area contributed by atoms with Crippen LogP contribution in [0.2, 0.25) is 0 Å². The fourth-order valence-electron chi connectivity index (χ4n) is 3.42. The second kappa shape index (κ2) is 8.21. The number of hydrogen-bond acceptors (Lipinski definition) is 7. The fourth-order valence-corrected chi connectivity index (χ4v) is 3.42. The van der Waals surface area contributed by atoms with E-state index >= 15 is 0 Å². The molecule has 1 N–H and O–H groups in total. The quantitative estimate of drug-likeness (QED) is 0.623. The molecule has 0 aromatic carbocycles. The van der Waals surface area contributed by atoms with Crippen LogP contribution < -0.4 is 0 Å². The first-order valence-corrected chi connectivity index (χ1v) is 9.65. The van der Waals surface area contributed by atoms with E-state index in [4.69, 9.17) is 0 Å². The Morgan fingerprint density at radius 2 is 1.07 bits per heavy atom. The van der Waals surface area contributed by atoms with Gasteiger partial charge in [0.2, 0.25) is 0 Å². The number of aromatic nitrogens is 4. The van der Waals surface area contributed by atoms with Crippen LogP contribution in [-0.4, -0.2) is 55.9 Å². The van der Waals surface area contributed by atoms with Gasteiger partial charge in [0.25, 0.3) is 0 Å². The highest BCUT2D eigenvalue weighted by atomic mass is 16.4. The van der Waals surface area contributed by atoms with Gasteiger partial charge in [-0.2, -0.15) is 0 Å². The zero-order valence-corrected chi connectivity index (χ0v) is 18.2. The largest absolute Gasteiger partial charge is 0.410 e. The molecule has 1 aliphatic rings. The van der Waals surface area contributed by atoms with E-state index in [2.05, 4.69) is 30.0 Å². The van der Waals surface area contributed by atoms with E-state index < -0.39 is 0 Å². The second-order valence-electron chi connectivity index (χ2n) is 7.69. The lowest BCUT2D eigenvalue weighted by atomic mass is 9.95. The highest BCUT2D eigenvalue weighted by Gasteiger charge is 2.24. The number of rotatable bonds is 2. The molecule has 29 heavy (non-hydrogen) atoms. The van der Waals surface area contributed by atoms with E-state index in [0.29, 0.717) is 18.8 Å². The molecule has 1 aliphatic heterocycles. The highest BCUT2D eigenvalue weighted by molar-refractivity contribution is 6.17. The maximum Gasteiger partial charge on any atom is 0.111 e. The maximum atomic E-state index is 9.83. The third-order valence-electron chi connectivity index (χ3n) is 5.25. The second-order valence-corrected chi connectivity index (χ2v) is 7.69. The average molecular weight is 393 g/mol. The van der Waals surface area contributed by atoms with Crippen molar-refractivity contribution in [3.63, 3.8) is 0 Å². The zero-order valence-electron chi connectivity index (χ0n) is 18.2. The number of oxime groups is 1. The first-order valence-electron chi connectivity index (χ1n) is 9.65. The van der Waals surface area contributed by atoms with Crippen LogP contribution in [0, 0.1) is 41.5 Å². The van der Waals surface area contributed by atoms with E-state index in [-0.39, 0.29) is 0 Å². The van der Waals surface area contributed by atoms with Crippen molar-refractivity contribution >= 4 is 17.9 Å². The molecule has 0 radical (unpaired) electrons. The zero-order chi connectivity index (χ0) is 21.3. The number of piperidine rings is 1. The summed E-state index contributed by atoms with van der Waals surface area (Å²) in [5.41, 5.74) is 9.27. The number of aryl methyl sites for hydroxylation is 6. The normalized spacial score (nSPS) is 18.0. The van der Waals surface area contributed by atoms with E-state index in [1.165, 1.54) is 0 Å². The van der Waals surface area contributed by atoms with Crippen LogP contribution in [0.5, 0.6) is 0 Å². The van der Waals surface area contributed by atoms with Crippen molar-refractivity contribution in [2.24, 2.45) is 5.16 Å². The van der Waals surface area contributed by atoms with Gasteiger partial charge in [-0.25, -0.2) is 9.97 Å². The van der Waals surface area contributed by atoms with Crippen molar-refractivity contribution in [3.8, 4) is 0 Å². The summed E-state index contributed by atoms with van der Waals surface area (Å²) in [4.78, 5) is 20.6. The first-order chi connectivity index (χ1) is 13.7. The fraction of sp³-hybridized carbons (Fsp3) is 0.409. The molecule has 0 saturated carbocycles. The molecule has 0 spiro atoms. The van der Waals surface area contributed by atoms with Crippen molar-refractivity contribution in [2.75, 3.05) is 20.1 Å². The molecule has 7 heteroatoms. The summed E-state index contributed by atoms with van der Waals surface area (Å²) in [6, 6.07) is 0. The van der Waals surface area contributed by atoms with Crippen LogP contribution in [0.3, 0.4) is 0 Å². The van der Waals surface area contributed by atoms with Crippen molar-refractivity contribution in [2.45, 2.75) is 41.5 Å². The molecule has 0 bridgehead atoms. The van der Waals surface area contributed by atoms with Crippen LogP contribution in [-0.2, 0) is 0 Å². The number of likely N-dealkylation sites (N-methyl/N-ethyl adjacent to an activating group) is 1. The van der Waals surface area contributed by atoms with E-state index in [1.54, 1.807) is 0 Å². The van der Waals surface area contributed by atoms with Gasteiger partial charge in [-0.3, -0.25) is 14.9 Å². The summed E-state index contributed by atoms with van der Waals surface area (Å²) >= 11 is 0. The summed E-state index contributed by atoms with van der Waals surface area (Å²) in [6.45, 7) is 13.0. The van der Waals surface area contributed by atoms with Crippen molar-refractivity contribution in [3.05, 3.63) is 56.7 Å². The molecule has 0 amide bonds. The molecule has 1 fully saturated rings. The van der Waals surface area contributed by atoms with Crippen LogP contribution in [0.1, 0.15) is 45.6 Å². The molecule has 0 unspecified atom stereocenters. The standard InChI is InChI=1S/C22H28N6O/c1-12-14(3)25-20(16(5)23-12)8-18-10-28(7)11-19(22(18)27-29)9-21-17(6)24-13(2)15(4)26-21/h8-9,29H,10-11H2,1-7H3. The first kappa shape index (κ1) is 20.8. The van der Waals surface area contributed by atoms with Gasteiger partial charge in [0, 0.05) is 13.1 Å². The monoisotopic (exact) mass is 392 g/mol. The molecule has 1 saturated heterocycles. The van der Waals surface area contributed by atoms with Crippen LogP contribution in [0.25, 0.3) is 12.2 Å². The van der Waals surface area contributed by atoms with Crippen LogP contribution in [0.4, 0.5) is 0 Å². The molecule has 0 atom stereocenters. The number of likely N-dealkylation sites (tertiary alicyclic amines) is 1. The van der Waals surface area contributed by atoms with Gasteiger partial charge in [-0.05, 0) is 71.9 Å². The third kappa shape index (κ3) is 4.40. The SMILES string of the molecule is Cc1nc(C)c(C=C2CN(C)CC(=Cc3nc(C)c(C)nc3C)C2=NO)nc1C. The molecular weight excluding hydrogens is 364 g/mol. The van der Waals surface area contributed by atoms with Gasteiger partial charge in [-0.1, -0.05) is 5.16 Å². The highest BCUT2D eigenvalue weighted by Crippen LogP contribution is 2.23. The summed E-state index contributed by atoms with van der Waals surface area (Å²) in [5.74, 6) is 0. The Bertz CT molecular complexity index is 972. The van der Waals surface area contributed by atoms with E-state index in [1.807, 2.05) is 60.7 Å². The Labute approximate surface area is 171 Å². The number of nitrogens with zero attached hydrogens (tertiary/aromatic N) is 6. The predicted octanol–water partition coefficient (Wildman–Crippen LogP) is 3.36. The van der Waals surface area contributed by atoms with Crippen LogP contribution >= 0.6 is 0 Å². The van der Waals surface area contributed by atoms with Crippen molar-refractivity contribution < 1.29 is 5.21 Å². The van der Waals surface area contributed by atoms with Gasteiger partial charge >= 0.3 is 0 Å². The van der Waals surface area contributed by atoms with E-state index in [9.17, 15) is 5.21 Å². The van der Waals surface area contributed by atoms with Gasteiger partial charge in [-0.15, -0.1) is 0 Å². The van der Waals surface area contributed by atoms with Gasteiger partial charge in [0.05, 0.1) is 45.6 Å². The van der Waals surface area contributed by atoms with Gasteiger partial charge in [0.15, 0.2) is 0 Å². The summed E-state index contributed by atoms with van der Waals surface area (Å²) < 4.78 is 0. The van der Waals surface area contributed by atoms with Crippen molar-refractivity contribution in [1.82, 2.24) is 24.8 Å². The van der Waals surface area contributed by atoms with Crippen LogP contribution in [0.15, 0.2) is 16.3 Å². The Balaban J connectivity index is 2.08. The molecular formula is C22H28N6O. The summed E-state index contributed by atoms with van der Waals surface area (Å²) in [6.07, 6.45) is 3.93. The molecule has 2 aromatic rings. The molecule has 7 nitrogen and oxygen atoms in total. The van der Waals surface area contributed by atoms with Gasteiger partial charge in [0.1, 0.15) is 5.71 Å². The average Bonchev–Trinajstić information content (AvgIpc) is 2.64. The topological polar surface area (TPSA) is 87.4 Å². The lowest BCUT2D eigenvalue weighted by Gasteiger charge is -2.28. The molecule has 2 aromatic heterocycles. The van der Waals surface area contributed by atoms with Crippen molar-refractivity contribution in [1.29, 1.82) is 0 Å².